The van der Waals surface area contributed by atoms with Crippen LogP contribution in [0.4, 0.5) is 9.18 Å². The van der Waals surface area contributed by atoms with Gasteiger partial charge in [0.05, 0.1) is 24.8 Å². The highest BCUT2D eigenvalue weighted by molar-refractivity contribution is 6.31. The van der Waals surface area contributed by atoms with E-state index in [2.05, 4.69) is 5.32 Å². The Morgan fingerprint density at radius 2 is 2.08 bits per heavy atom. The van der Waals surface area contributed by atoms with E-state index in [9.17, 15) is 14.0 Å². The fourth-order valence-corrected chi connectivity index (χ4v) is 3.65. The van der Waals surface area contributed by atoms with Crippen molar-refractivity contribution in [3.63, 3.8) is 0 Å². The molecule has 1 atom stereocenters. The Balaban J connectivity index is 2.10. The summed E-state index contributed by atoms with van der Waals surface area (Å²) in [6, 6.07) is 2.99. The number of amides is 3. The van der Waals surface area contributed by atoms with E-state index in [0.717, 1.165) is 0 Å². The summed E-state index contributed by atoms with van der Waals surface area (Å²) in [6.45, 7) is 5.73. The van der Waals surface area contributed by atoms with Gasteiger partial charge in [0.25, 0.3) is 5.91 Å². The summed E-state index contributed by atoms with van der Waals surface area (Å²) in [4.78, 5) is 28.8. The maximum atomic E-state index is 14.5. The third-order valence-electron chi connectivity index (χ3n) is 4.73. The van der Waals surface area contributed by atoms with E-state index in [0.29, 0.717) is 44.1 Å². The zero-order valence-electron chi connectivity index (χ0n) is 14.7. The number of carbonyl (C=O) groups is 2. The van der Waals surface area contributed by atoms with Gasteiger partial charge in [-0.15, -0.1) is 0 Å². The van der Waals surface area contributed by atoms with E-state index in [-0.39, 0.29) is 22.5 Å². The molecule has 0 saturated carbocycles. The minimum absolute atomic E-state index is 0.106. The number of halogens is 2. The molecule has 0 spiro atoms. The van der Waals surface area contributed by atoms with Gasteiger partial charge in [-0.1, -0.05) is 17.7 Å². The number of nitrogens with one attached hydrogen (secondary N) is 1. The molecule has 1 aromatic carbocycles. The fraction of sp³-hybridized carbons (Fsp3) is 0.444. The van der Waals surface area contributed by atoms with Crippen LogP contribution in [0.2, 0.25) is 5.02 Å². The van der Waals surface area contributed by atoms with Crippen LogP contribution < -0.4 is 5.32 Å². The molecule has 1 N–H and O–H groups in total. The number of morpholine rings is 1. The lowest BCUT2D eigenvalue weighted by atomic mass is 9.93. The molecule has 0 aromatic heterocycles. The molecule has 3 rings (SSSR count). The van der Waals surface area contributed by atoms with Crippen molar-refractivity contribution in [2.45, 2.75) is 19.9 Å². The summed E-state index contributed by atoms with van der Waals surface area (Å²) in [7, 11) is 0. The first-order valence-corrected chi connectivity index (χ1v) is 8.93. The van der Waals surface area contributed by atoms with E-state index >= 15 is 0 Å². The second-order valence-electron chi connectivity index (χ2n) is 6.17. The van der Waals surface area contributed by atoms with Crippen molar-refractivity contribution in [3.05, 3.63) is 45.9 Å². The second kappa shape index (κ2) is 7.63. The lowest BCUT2D eigenvalue weighted by molar-refractivity contribution is -0.131. The maximum absolute atomic E-state index is 14.5. The molecule has 0 bridgehead atoms. The van der Waals surface area contributed by atoms with Crippen molar-refractivity contribution in [2.75, 3.05) is 32.8 Å². The van der Waals surface area contributed by atoms with E-state index in [4.69, 9.17) is 16.3 Å². The number of ether oxygens (including phenoxy) is 1. The van der Waals surface area contributed by atoms with Gasteiger partial charge in [-0.3, -0.25) is 9.69 Å². The van der Waals surface area contributed by atoms with Crippen LogP contribution in [-0.2, 0) is 9.53 Å². The van der Waals surface area contributed by atoms with Gasteiger partial charge in [0.15, 0.2) is 0 Å². The molecule has 3 amide bonds. The summed E-state index contributed by atoms with van der Waals surface area (Å²) in [5, 5.41) is 2.91. The van der Waals surface area contributed by atoms with Crippen LogP contribution in [0, 0.1) is 5.82 Å². The Morgan fingerprint density at radius 3 is 2.69 bits per heavy atom. The summed E-state index contributed by atoms with van der Waals surface area (Å²) >= 11 is 6.21. The van der Waals surface area contributed by atoms with Crippen molar-refractivity contribution < 1.29 is 18.7 Å². The number of rotatable bonds is 3. The first-order valence-electron chi connectivity index (χ1n) is 8.55. The Hall–Kier alpha value is -2.12. The van der Waals surface area contributed by atoms with Gasteiger partial charge in [-0.05, 0) is 26.0 Å². The topological polar surface area (TPSA) is 61.9 Å². The van der Waals surface area contributed by atoms with E-state index in [1.807, 2.05) is 6.92 Å². The summed E-state index contributed by atoms with van der Waals surface area (Å²) in [5.74, 6) is -0.804. The van der Waals surface area contributed by atoms with Gasteiger partial charge in [0, 0.05) is 35.9 Å². The Bertz CT molecular complexity index is 742. The number of carbonyl (C=O) groups excluding carboxylic acids is 2. The van der Waals surface area contributed by atoms with E-state index in [1.54, 1.807) is 17.9 Å². The molecule has 6 nitrogen and oxygen atoms in total. The second-order valence-corrected chi connectivity index (χ2v) is 6.57. The zero-order valence-corrected chi connectivity index (χ0v) is 15.5. The van der Waals surface area contributed by atoms with Crippen molar-refractivity contribution in [2.24, 2.45) is 0 Å². The number of nitrogens with zero attached hydrogens (tertiary/aromatic N) is 2. The molecular formula is C18H21ClFN3O3. The number of hydrogen-bond donors (Lipinski definition) is 1. The predicted octanol–water partition coefficient (Wildman–Crippen LogP) is 2.70. The maximum Gasteiger partial charge on any atom is 0.322 e. The van der Waals surface area contributed by atoms with Crippen LogP contribution in [0.3, 0.4) is 0 Å². The standard InChI is InChI=1S/C18H21ClFN3O3/c1-3-23-11(2)14(17(24)22-7-9-26-10-8-22)16(21-18(23)25)15-12(19)5-4-6-13(15)20/h4-6,16H,3,7-10H2,1-2H3,(H,21,25)/t16-/m1/s1. The molecular weight excluding hydrogens is 361 g/mol. The minimum atomic E-state index is -0.936. The summed E-state index contributed by atoms with van der Waals surface area (Å²) in [5.41, 5.74) is 0.951. The first-order chi connectivity index (χ1) is 12.5. The molecule has 2 heterocycles. The van der Waals surface area contributed by atoms with Crippen molar-refractivity contribution in [1.82, 2.24) is 15.1 Å². The molecule has 0 radical (unpaired) electrons. The molecule has 1 aromatic rings. The van der Waals surface area contributed by atoms with E-state index < -0.39 is 11.9 Å². The van der Waals surface area contributed by atoms with E-state index in [1.165, 1.54) is 17.0 Å². The van der Waals surface area contributed by atoms with Crippen molar-refractivity contribution in [3.8, 4) is 0 Å². The number of allylic oxidation sites excluding steroid dienone is 1. The Labute approximate surface area is 156 Å². The van der Waals surface area contributed by atoms with Crippen LogP contribution >= 0.6 is 11.6 Å². The predicted molar refractivity (Wildman–Crippen MR) is 95.2 cm³/mol. The average Bonchev–Trinajstić information content (AvgIpc) is 2.62. The SMILES string of the molecule is CCN1C(=O)N[C@@H](c2c(F)cccc2Cl)C(C(=O)N2CCOCC2)=C1C. The third-order valence-corrected chi connectivity index (χ3v) is 5.06. The quantitative estimate of drug-likeness (QED) is 0.875. The third kappa shape index (κ3) is 3.29. The molecule has 140 valence electrons. The van der Waals surface area contributed by atoms with Gasteiger partial charge in [0.2, 0.25) is 0 Å². The molecule has 2 aliphatic heterocycles. The molecule has 0 aliphatic carbocycles. The molecule has 0 unspecified atom stereocenters. The van der Waals surface area contributed by atoms with Crippen LogP contribution in [0.15, 0.2) is 29.5 Å². The Kier molecular flexibility index (Phi) is 5.48. The monoisotopic (exact) mass is 381 g/mol. The van der Waals surface area contributed by atoms with Gasteiger partial charge in [-0.25, -0.2) is 9.18 Å². The molecule has 2 aliphatic rings. The highest BCUT2D eigenvalue weighted by Gasteiger charge is 2.39. The van der Waals surface area contributed by atoms with Crippen LogP contribution in [0.1, 0.15) is 25.5 Å². The molecule has 26 heavy (non-hydrogen) atoms. The lowest BCUT2D eigenvalue weighted by Gasteiger charge is -2.38. The first kappa shape index (κ1) is 18.7. The van der Waals surface area contributed by atoms with Crippen LogP contribution in [-0.4, -0.2) is 54.6 Å². The Morgan fingerprint density at radius 1 is 1.38 bits per heavy atom. The summed E-state index contributed by atoms with van der Waals surface area (Å²) < 4.78 is 19.8. The van der Waals surface area contributed by atoms with Gasteiger partial charge in [0.1, 0.15) is 5.82 Å². The number of urea groups is 1. The highest BCUT2D eigenvalue weighted by atomic mass is 35.5. The largest absolute Gasteiger partial charge is 0.378 e. The summed E-state index contributed by atoms with van der Waals surface area (Å²) in [6.07, 6.45) is 0. The van der Waals surface area contributed by atoms with Gasteiger partial charge < -0.3 is 15.0 Å². The smallest absolute Gasteiger partial charge is 0.322 e. The zero-order chi connectivity index (χ0) is 18.8. The lowest BCUT2D eigenvalue weighted by Crippen LogP contribution is -2.51. The van der Waals surface area contributed by atoms with Crippen molar-refractivity contribution in [1.29, 1.82) is 0 Å². The molecule has 1 fully saturated rings. The number of hydrogen-bond acceptors (Lipinski definition) is 3. The van der Waals surface area contributed by atoms with Crippen LogP contribution in [0.25, 0.3) is 0 Å². The molecule has 1 saturated heterocycles. The minimum Gasteiger partial charge on any atom is -0.378 e. The normalized spacial score (nSPS) is 21.1. The van der Waals surface area contributed by atoms with Gasteiger partial charge in [-0.2, -0.15) is 0 Å². The van der Waals surface area contributed by atoms with Gasteiger partial charge >= 0.3 is 6.03 Å². The van der Waals surface area contributed by atoms with Crippen molar-refractivity contribution >= 4 is 23.5 Å². The fourth-order valence-electron chi connectivity index (χ4n) is 3.38. The molecule has 8 heteroatoms. The number of benzene rings is 1. The highest BCUT2D eigenvalue weighted by Crippen LogP contribution is 2.36. The van der Waals surface area contributed by atoms with Crippen LogP contribution in [0.5, 0.6) is 0 Å². The average molecular weight is 382 g/mol.